The van der Waals surface area contributed by atoms with Crippen molar-refractivity contribution < 1.29 is 18.8 Å². The minimum Gasteiger partial charge on any atom is -0.354 e. The number of aliphatic imine (C=N–C) groups is 1. The maximum Gasteiger partial charge on any atom is 0.277 e. The molecule has 2 heterocycles. The number of fused-ring (bicyclic) bond motifs is 1. The summed E-state index contributed by atoms with van der Waals surface area (Å²) >= 11 is 0. The van der Waals surface area contributed by atoms with Gasteiger partial charge in [0.2, 0.25) is 5.91 Å². The van der Waals surface area contributed by atoms with Crippen molar-refractivity contribution in [3.63, 3.8) is 0 Å². The number of nitrogens with one attached hydrogen (secondary N) is 2. The molecule has 2 atom stereocenters. The minimum atomic E-state index is -1.20. The molecule has 5 rings (SSSR count). The lowest BCUT2D eigenvalue weighted by Crippen LogP contribution is -2.53. The highest BCUT2D eigenvalue weighted by molar-refractivity contribution is 6.15. The largest absolute Gasteiger partial charge is 0.354 e. The molecule has 2 aromatic carbocycles. The number of carbonyl (C=O) groups excluding carboxylic acids is 3. The SMILES string of the molecule is CC(C)(C)c1ccc(N(C(=O)c2cnc[nH]2)C(C(=O)NCCc2cccc(F)c2)C2=CC(=O)N=C3C=CC=CC23)cc1. The monoisotopic (exact) mass is 565 g/mol. The number of H-pyrrole nitrogens is 1. The number of allylic oxidation sites excluding steroid dienone is 4. The van der Waals surface area contributed by atoms with E-state index in [0.29, 0.717) is 23.4 Å². The Labute approximate surface area is 243 Å². The molecule has 2 unspecified atom stereocenters. The smallest absolute Gasteiger partial charge is 0.277 e. The molecular weight excluding hydrogens is 533 g/mol. The minimum absolute atomic E-state index is 0.132. The second-order valence-corrected chi connectivity index (χ2v) is 11.3. The summed E-state index contributed by atoms with van der Waals surface area (Å²) < 4.78 is 13.7. The second kappa shape index (κ2) is 11.9. The van der Waals surface area contributed by atoms with Crippen LogP contribution >= 0.6 is 0 Å². The van der Waals surface area contributed by atoms with E-state index in [-0.39, 0.29) is 23.5 Å². The molecule has 0 fully saturated rings. The van der Waals surface area contributed by atoms with Crippen LogP contribution in [0.15, 0.2) is 102 Å². The molecule has 3 amide bonds. The van der Waals surface area contributed by atoms with Gasteiger partial charge in [-0.2, -0.15) is 0 Å². The van der Waals surface area contributed by atoms with Gasteiger partial charge < -0.3 is 10.3 Å². The zero-order valence-corrected chi connectivity index (χ0v) is 23.7. The summed E-state index contributed by atoms with van der Waals surface area (Å²) in [5, 5.41) is 2.93. The van der Waals surface area contributed by atoms with Crippen LogP contribution in [0, 0.1) is 11.7 Å². The van der Waals surface area contributed by atoms with E-state index in [1.165, 1.54) is 35.6 Å². The van der Waals surface area contributed by atoms with Crippen LogP contribution in [-0.4, -0.2) is 46.0 Å². The Morgan fingerprint density at radius 2 is 1.90 bits per heavy atom. The molecule has 0 saturated heterocycles. The lowest BCUT2D eigenvalue weighted by molar-refractivity contribution is -0.121. The number of halogens is 1. The van der Waals surface area contributed by atoms with Crippen LogP contribution in [0.1, 0.15) is 42.4 Å². The van der Waals surface area contributed by atoms with E-state index in [4.69, 9.17) is 0 Å². The fraction of sp³-hybridized carbons (Fsp3) is 0.242. The van der Waals surface area contributed by atoms with Crippen molar-refractivity contribution >= 4 is 29.1 Å². The quantitative estimate of drug-likeness (QED) is 0.406. The van der Waals surface area contributed by atoms with Gasteiger partial charge in [-0.05, 0) is 58.9 Å². The predicted molar refractivity (Wildman–Crippen MR) is 160 cm³/mol. The average Bonchev–Trinajstić information content (AvgIpc) is 3.50. The first-order chi connectivity index (χ1) is 20.1. The van der Waals surface area contributed by atoms with Gasteiger partial charge >= 0.3 is 0 Å². The summed E-state index contributed by atoms with van der Waals surface area (Å²) in [5.74, 6) is -2.33. The van der Waals surface area contributed by atoms with Crippen molar-refractivity contribution in [2.75, 3.05) is 11.4 Å². The molecule has 8 nitrogen and oxygen atoms in total. The van der Waals surface area contributed by atoms with Crippen LogP contribution < -0.4 is 10.2 Å². The third kappa shape index (κ3) is 6.20. The molecular formula is C33H32FN5O3. The molecule has 214 valence electrons. The second-order valence-electron chi connectivity index (χ2n) is 11.3. The zero-order valence-electron chi connectivity index (χ0n) is 23.7. The molecule has 0 saturated carbocycles. The fourth-order valence-electron chi connectivity index (χ4n) is 5.11. The summed E-state index contributed by atoms with van der Waals surface area (Å²) in [6.45, 7) is 6.46. The molecule has 1 aliphatic carbocycles. The first-order valence-electron chi connectivity index (χ1n) is 13.8. The van der Waals surface area contributed by atoms with Crippen molar-refractivity contribution in [3.05, 3.63) is 120 Å². The highest BCUT2D eigenvalue weighted by Crippen LogP contribution is 2.33. The zero-order chi connectivity index (χ0) is 29.9. The Bertz CT molecular complexity index is 1610. The Hall–Kier alpha value is -4.92. The number of aromatic nitrogens is 2. The molecule has 0 bridgehead atoms. The third-order valence-electron chi connectivity index (χ3n) is 7.27. The fourth-order valence-corrected chi connectivity index (χ4v) is 5.11. The number of anilines is 1. The van der Waals surface area contributed by atoms with Crippen LogP contribution in [-0.2, 0) is 21.4 Å². The van der Waals surface area contributed by atoms with Gasteiger partial charge in [0, 0.05) is 24.2 Å². The van der Waals surface area contributed by atoms with E-state index in [9.17, 15) is 18.8 Å². The van der Waals surface area contributed by atoms with Crippen LogP contribution in [0.2, 0.25) is 0 Å². The molecule has 0 spiro atoms. The van der Waals surface area contributed by atoms with E-state index in [0.717, 1.165) is 11.1 Å². The Balaban J connectivity index is 1.57. The first-order valence-corrected chi connectivity index (χ1v) is 13.8. The number of nitrogens with zero attached hydrogens (tertiary/aromatic N) is 3. The van der Waals surface area contributed by atoms with Crippen molar-refractivity contribution in [2.45, 2.75) is 38.6 Å². The Morgan fingerprint density at radius 3 is 2.60 bits per heavy atom. The van der Waals surface area contributed by atoms with E-state index in [1.807, 2.05) is 24.3 Å². The Kier molecular flexibility index (Phi) is 8.10. The summed E-state index contributed by atoms with van der Waals surface area (Å²) in [6, 6.07) is 12.4. The summed E-state index contributed by atoms with van der Waals surface area (Å²) in [6.07, 6.45) is 11.7. The van der Waals surface area contributed by atoms with Crippen LogP contribution in [0.3, 0.4) is 0 Å². The number of rotatable bonds is 8. The Morgan fingerprint density at radius 1 is 1.12 bits per heavy atom. The molecule has 1 aliphatic heterocycles. The lowest BCUT2D eigenvalue weighted by Gasteiger charge is -2.36. The van der Waals surface area contributed by atoms with Crippen molar-refractivity contribution in [1.29, 1.82) is 0 Å². The molecule has 42 heavy (non-hydrogen) atoms. The van der Waals surface area contributed by atoms with Crippen LogP contribution in [0.4, 0.5) is 10.1 Å². The molecule has 0 radical (unpaired) electrons. The number of hydrogen-bond acceptors (Lipinski definition) is 4. The summed E-state index contributed by atoms with van der Waals surface area (Å²) in [5.41, 5.74) is 3.21. The average molecular weight is 566 g/mol. The highest BCUT2D eigenvalue weighted by atomic mass is 19.1. The van der Waals surface area contributed by atoms with Gasteiger partial charge in [0.25, 0.3) is 11.8 Å². The number of amides is 3. The van der Waals surface area contributed by atoms with Gasteiger partial charge in [0.1, 0.15) is 17.6 Å². The third-order valence-corrected chi connectivity index (χ3v) is 7.27. The number of hydrogen-bond donors (Lipinski definition) is 2. The van der Waals surface area contributed by atoms with Crippen molar-refractivity contribution in [3.8, 4) is 0 Å². The van der Waals surface area contributed by atoms with E-state index < -0.39 is 29.7 Å². The van der Waals surface area contributed by atoms with Gasteiger partial charge in [-0.1, -0.05) is 63.3 Å². The lowest BCUT2D eigenvalue weighted by atomic mass is 9.82. The topological polar surface area (TPSA) is 108 Å². The van der Waals surface area contributed by atoms with E-state index in [1.54, 1.807) is 36.4 Å². The van der Waals surface area contributed by atoms with E-state index in [2.05, 4.69) is 41.0 Å². The number of benzene rings is 2. The van der Waals surface area contributed by atoms with Crippen LogP contribution in [0.5, 0.6) is 0 Å². The molecule has 9 heteroatoms. The predicted octanol–water partition coefficient (Wildman–Crippen LogP) is 4.87. The number of carbonyl (C=O) groups is 3. The molecule has 2 aliphatic rings. The molecule has 2 N–H and O–H groups in total. The van der Waals surface area contributed by atoms with Gasteiger partial charge in [0.05, 0.1) is 18.2 Å². The highest BCUT2D eigenvalue weighted by Gasteiger charge is 2.40. The molecule has 3 aromatic rings. The molecule has 1 aromatic heterocycles. The van der Waals surface area contributed by atoms with Gasteiger partial charge in [-0.3, -0.25) is 19.3 Å². The van der Waals surface area contributed by atoms with Gasteiger partial charge in [0.15, 0.2) is 0 Å². The maximum absolute atomic E-state index is 14.2. The van der Waals surface area contributed by atoms with Gasteiger partial charge in [-0.15, -0.1) is 0 Å². The van der Waals surface area contributed by atoms with Crippen molar-refractivity contribution in [1.82, 2.24) is 15.3 Å². The first kappa shape index (κ1) is 28.6. The number of aromatic amines is 1. The summed E-state index contributed by atoms with van der Waals surface area (Å²) in [7, 11) is 0. The number of dihydropyridines is 1. The van der Waals surface area contributed by atoms with Crippen LogP contribution in [0.25, 0.3) is 0 Å². The number of imidazole rings is 1. The van der Waals surface area contributed by atoms with Gasteiger partial charge in [-0.25, -0.2) is 14.4 Å². The summed E-state index contributed by atoms with van der Waals surface area (Å²) in [4.78, 5) is 53.5. The van der Waals surface area contributed by atoms with E-state index >= 15 is 0 Å². The van der Waals surface area contributed by atoms with Crippen molar-refractivity contribution in [2.24, 2.45) is 10.9 Å². The maximum atomic E-state index is 14.2. The standard InChI is InChI=1S/C33H32FN5O3/c1-33(2,3)22-11-13-24(14-12-22)39(32(42)28-19-35-20-37-28)30(26-18-29(40)38-27-10-5-4-9-25(26)27)31(41)36-16-15-21-7-6-8-23(34)17-21/h4-14,17-20,25,30H,15-16H2,1-3H3,(H,35,37)(H,36,41). The normalized spacial score (nSPS) is 16.8.